The van der Waals surface area contributed by atoms with Crippen molar-refractivity contribution in [3.8, 4) is 5.75 Å². The lowest BCUT2D eigenvalue weighted by molar-refractivity contribution is 0.226. The molecule has 4 N–H and O–H groups in total. The molecule has 0 aliphatic heterocycles. The highest BCUT2D eigenvalue weighted by Crippen LogP contribution is 2.31. The minimum Gasteiger partial charge on any atom is -0.486 e. The molecular weight excluding hydrogens is 501 g/mol. The van der Waals surface area contributed by atoms with Gasteiger partial charge in [0.15, 0.2) is 0 Å². The summed E-state index contributed by atoms with van der Waals surface area (Å²) in [5.74, 6) is -0.0642. The van der Waals surface area contributed by atoms with Gasteiger partial charge in [-0.2, -0.15) is 0 Å². The molecule has 0 fully saturated rings. The molecule has 0 amide bonds. The van der Waals surface area contributed by atoms with Gasteiger partial charge in [0.1, 0.15) is 17.7 Å². The minimum atomic E-state index is -0.560. The Kier molecular flexibility index (Phi) is 10.8. The number of aromatic nitrogens is 2. The Morgan fingerprint density at radius 2 is 1.89 bits per heavy atom. The smallest absolute Gasteiger partial charge is 0.134 e. The van der Waals surface area contributed by atoms with Crippen LogP contribution in [0.2, 0.25) is 5.02 Å². The van der Waals surface area contributed by atoms with E-state index in [1.165, 1.54) is 6.20 Å². The summed E-state index contributed by atoms with van der Waals surface area (Å²) in [5.41, 5.74) is 9.67. The normalized spacial score (nSPS) is 12.6. The third-order valence-electron chi connectivity index (χ3n) is 6.39. The maximum Gasteiger partial charge on any atom is 0.134 e. The molecule has 2 aromatic heterocycles. The number of ether oxygens (including phenoxy) is 1. The van der Waals surface area contributed by atoms with Gasteiger partial charge >= 0.3 is 0 Å². The summed E-state index contributed by atoms with van der Waals surface area (Å²) in [6, 6.07) is 8.95. The topological polar surface area (TPSA) is 96.9 Å². The maximum atomic E-state index is 15.0. The summed E-state index contributed by atoms with van der Waals surface area (Å²) in [5, 5.41) is 12.5. The van der Waals surface area contributed by atoms with E-state index in [1.54, 1.807) is 36.7 Å². The molecule has 6 nitrogen and oxygen atoms in total. The van der Waals surface area contributed by atoms with Gasteiger partial charge in [-0.3, -0.25) is 9.97 Å². The highest BCUT2D eigenvalue weighted by atomic mass is 35.5. The SMILES string of the molecule is CCCC(CCC)NCc1ccc(/C(F)=C/C(=N)c2cc(OC(C)c3c(C)cncc3Cl)ccc2N)cn1. The Hall–Kier alpha value is -3.29. The first-order valence-electron chi connectivity index (χ1n) is 13.0. The van der Waals surface area contributed by atoms with Gasteiger partial charge in [0.2, 0.25) is 0 Å². The van der Waals surface area contributed by atoms with E-state index in [-0.39, 0.29) is 11.8 Å². The van der Waals surface area contributed by atoms with Crippen LogP contribution in [0, 0.1) is 12.3 Å². The monoisotopic (exact) mass is 537 g/mol. The van der Waals surface area contributed by atoms with E-state index in [9.17, 15) is 0 Å². The summed E-state index contributed by atoms with van der Waals surface area (Å²) in [7, 11) is 0. The lowest BCUT2D eigenvalue weighted by Gasteiger charge is -2.19. The van der Waals surface area contributed by atoms with Crippen LogP contribution in [0.4, 0.5) is 10.1 Å². The molecule has 0 aliphatic carbocycles. The van der Waals surface area contributed by atoms with Gasteiger partial charge in [-0.25, -0.2) is 4.39 Å². The van der Waals surface area contributed by atoms with Crippen LogP contribution in [0.15, 0.2) is 55.0 Å². The summed E-state index contributed by atoms with van der Waals surface area (Å²) in [6.07, 6.45) is 10.1. The number of nitrogens with one attached hydrogen (secondary N) is 2. The first-order chi connectivity index (χ1) is 18.2. The Morgan fingerprint density at radius 3 is 2.53 bits per heavy atom. The zero-order valence-electron chi connectivity index (χ0n) is 22.5. The summed E-state index contributed by atoms with van der Waals surface area (Å²) < 4.78 is 21.1. The Balaban J connectivity index is 1.70. The van der Waals surface area contributed by atoms with Crippen LogP contribution in [0.25, 0.3) is 5.83 Å². The molecule has 3 rings (SSSR count). The van der Waals surface area contributed by atoms with E-state index in [0.29, 0.717) is 40.2 Å². The van der Waals surface area contributed by atoms with Gasteiger partial charge in [0.05, 0.1) is 16.4 Å². The van der Waals surface area contributed by atoms with E-state index in [1.807, 2.05) is 19.9 Å². The van der Waals surface area contributed by atoms with Crippen molar-refractivity contribution in [2.24, 2.45) is 0 Å². The van der Waals surface area contributed by atoms with E-state index < -0.39 is 5.83 Å². The second kappa shape index (κ2) is 14.0. The van der Waals surface area contributed by atoms with Crippen LogP contribution in [0.1, 0.15) is 80.5 Å². The minimum absolute atomic E-state index is 0.0658. The van der Waals surface area contributed by atoms with Gasteiger partial charge in [-0.15, -0.1) is 0 Å². The summed E-state index contributed by atoms with van der Waals surface area (Å²) >= 11 is 6.32. The van der Waals surface area contributed by atoms with Crippen molar-refractivity contribution in [1.29, 1.82) is 5.41 Å². The lowest BCUT2D eigenvalue weighted by Crippen LogP contribution is -2.28. The number of halogens is 2. The van der Waals surface area contributed by atoms with Crippen LogP contribution >= 0.6 is 11.6 Å². The van der Waals surface area contributed by atoms with Crippen molar-refractivity contribution in [2.45, 2.75) is 72.1 Å². The van der Waals surface area contributed by atoms with E-state index >= 15 is 4.39 Å². The third-order valence-corrected chi connectivity index (χ3v) is 6.69. The molecule has 0 spiro atoms. The zero-order chi connectivity index (χ0) is 27.7. The Morgan fingerprint density at radius 1 is 1.16 bits per heavy atom. The van der Waals surface area contributed by atoms with E-state index in [0.717, 1.165) is 48.6 Å². The second-order valence-electron chi connectivity index (χ2n) is 9.46. The zero-order valence-corrected chi connectivity index (χ0v) is 23.3. The highest BCUT2D eigenvalue weighted by molar-refractivity contribution is 6.31. The molecule has 3 aromatic rings. The van der Waals surface area contributed by atoms with Crippen LogP contribution in [0.5, 0.6) is 5.75 Å². The van der Waals surface area contributed by atoms with Crippen LogP contribution in [-0.2, 0) is 6.54 Å². The number of nitrogens with zero attached hydrogens (tertiary/aromatic N) is 2. The fourth-order valence-corrected chi connectivity index (χ4v) is 4.77. The molecule has 0 radical (unpaired) electrons. The van der Waals surface area contributed by atoms with Gasteiger partial charge in [-0.05, 0) is 62.6 Å². The van der Waals surface area contributed by atoms with Crippen LogP contribution in [-0.4, -0.2) is 21.7 Å². The number of nitrogens with two attached hydrogens (primary N) is 1. The first kappa shape index (κ1) is 29.3. The second-order valence-corrected chi connectivity index (χ2v) is 9.87. The average molecular weight is 538 g/mol. The van der Waals surface area contributed by atoms with Gasteiger partial charge in [0.25, 0.3) is 0 Å². The molecule has 0 saturated heterocycles. The van der Waals surface area contributed by atoms with Crippen molar-refractivity contribution < 1.29 is 9.13 Å². The number of nitrogen functional groups attached to an aromatic ring is 1. The lowest BCUT2D eigenvalue weighted by atomic mass is 10.0. The Labute approximate surface area is 230 Å². The Bertz CT molecular complexity index is 1240. The molecular formula is C30H37ClFN5O. The quantitative estimate of drug-likeness (QED) is 0.154. The third kappa shape index (κ3) is 7.85. The van der Waals surface area contributed by atoms with Crippen LogP contribution in [0.3, 0.4) is 0 Å². The largest absolute Gasteiger partial charge is 0.486 e. The van der Waals surface area contributed by atoms with Gasteiger partial charge in [0, 0.05) is 59.6 Å². The van der Waals surface area contributed by atoms with Crippen molar-refractivity contribution >= 4 is 28.8 Å². The molecule has 1 aromatic carbocycles. The number of benzene rings is 1. The number of hydrogen-bond donors (Lipinski definition) is 3. The van der Waals surface area contributed by atoms with E-state index in [2.05, 4.69) is 29.1 Å². The maximum absolute atomic E-state index is 15.0. The van der Waals surface area contributed by atoms with Crippen molar-refractivity contribution in [3.05, 3.63) is 88.0 Å². The molecule has 38 heavy (non-hydrogen) atoms. The molecule has 2 heterocycles. The highest BCUT2D eigenvalue weighted by Gasteiger charge is 2.16. The number of pyridine rings is 2. The first-order valence-corrected chi connectivity index (χ1v) is 13.4. The number of aryl methyl sites for hydroxylation is 1. The standard InChI is InChI=1S/C30H37ClFN5O/c1-5-7-22(8-6-2)37-17-23-10-9-21(16-36-23)27(32)14-29(34)25-13-24(11-12-28(25)33)38-20(4)30-19(3)15-35-18-26(30)31/h9-16,18,20,22,34,37H,5-8,17,33H2,1-4H3/b27-14-,34-29?. The fraction of sp³-hybridized carbons (Fsp3) is 0.367. The molecule has 0 bridgehead atoms. The summed E-state index contributed by atoms with van der Waals surface area (Å²) in [4.78, 5) is 8.49. The summed E-state index contributed by atoms with van der Waals surface area (Å²) in [6.45, 7) is 8.80. The van der Waals surface area contributed by atoms with Crippen molar-refractivity contribution in [3.63, 3.8) is 0 Å². The van der Waals surface area contributed by atoms with Crippen molar-refractivity contribution in [1.82, 2.24) is 15.3 Å². The molecule has 1 atom stereocenters. The molecule has 1 unspecified atom stereocenters. The van der Waals surface area contributed by atoms with Gasteiger partial charge in [-0.1, -0.05) is 38.3 Å². The number of allylic oxidation sites excluding steroid dienone is 1. The molecule has 202 valence electrons. The number of anilines is 1. The van der Waals surface area contributed by atoms with Crippen molar-refractivity contribution in [2.75, 3.05) is 5.73 Å². The van der Waals surface area contributed by atoms with Gasteiger partial charge < -0.3 is 21.2 Å². The molecule has 0 aliphatic rings. The van der Waals surface area contributed by atoms with Crippen LogP contribution < -0.4 is 15.8 Å². The predicted octanol–water partition coefficient (Wildman–Crippen LogP) is 7.60. The molecule has 8 heteroatoms. The average Bonchev–Trinajstić information content (AvgIpc) is 2.88. The number of hydrogen-bond acceptors (Lipinski definition) is 6. The fourth-order valence-electron chi connectivity index (χ4n) is 4.41. The van der Waals surface area contributed by atoms with E-state index in [4.69, 9.17) is 27.5 Å². The number of rotatable bonds is 13. The predicted molar refractivity (Wildman–Crippen MR) is 154 cm³/mol. The molecule has 0 saturated carbocycles.